The second-order valence-electron chi connectivity index (χ2n) is 3.06. The summed E-state index contributed by atoms with van der Waals surface area (Å²) < 4.78 is 2.67. The molecule has 0 aromatic carbocycles. The van der Waals surface area contributed by atoms with E-state index in [1.54, 1.807) is 10.7 Å². The third-order valence-corrected chi connectivity index (χ3v) is 2.74. The average molecular weight is 255 g/mol. The number of nitrogens with zero attached hydrogens (tertiary/aromatic N) is 4. The van der Waals surface area contributed by atoms with Gasteiger partial charge in [0.2, 0.25) is 0 Å². The molecule has 0 unspecified atom stereocenters. The van der Waals surface area contributed by atoms with Crippen LogP contribution in [0.3, 0.4) is 0 Å². The van der Waals surface area contributed by atoms with Crippen molar-refractivity contribution >= 4 is 27.4 Å². The highest BCUT2D eigenvalue weighted by atomic mass is 79.9. The molecule has 0 aliphatic rings. The first kappa shape index (κ1) is 9.45. The molecule has 2 heterocycles. The molecule has 0 radical (unpaired) electrons. The van der Waals surface area contributed by atoms with E-state index < -0.39 is 0 Å². The van der Waals surface area contributed by atoms with Crippen LogP contribution in [0.4, 0.5) is 5.82 Å². The van der Waals surface area contributed by atoms with Crippen molar-refractivity contribution in [1.82, 2.24) is 14.6 Å². The largest absolute Gasteiger partial charge is 0.360 e. The lowest BCUT2D eigenvalue weighted by Crippen LogP contribution is -2.17. The minimum Gasteiger partial charge on any atom is -0.360 e. The zero-order valence-corrected chi connectivity index (χ0v) is 9.69. The van der Waals surface area contributed by atoms with Gasteiger partial charge in [-0.25, -0.2) is 9.50 Å². The van der Waals surface area contributed by atoms with E-state index in [9.17, 15) is 0 Å². The molecule has 0 saturated carbocycles. The zero-order chi connectivity index (χ0) is 10.1. The van der Waals surface area contributed by atoms with Crippen LogP contribution in [-0.2, 0) is 0 Å². The smallest absolute Gasteiger partial charge is 0.171 e. The standard InChI is InChI=1S/C9H11BrN4/c1-3-13(2)8-4-5-14-9(12-8)7(10)6-11-14/h4-6H,3H2,1-2H3. The summed E-state index contributed by atoms with van der Waals surface area (Å²) in [6, 6.07) is 1.95. The molecule has 0 amide bonds. The van der Waals surface area contributed by atoms with Gasteiger partial charge in [-0.15, -0.1) is 0 Å². The highest BCUT2D eigenvalue weighted by Gasteiger charge is 2.05. The van der Waals surface area contributed by atoms with Crippen molar-refractivity contribution in [2.45, 2.75) is 6.92 Å². The van der Waals surface area contributed by atoms with Crippen LogP contribution < -0.4 is 4.90 Å². The lowest BCUT2D eigenvalue weighted by molar-refractivity contribution is 0.900. The molecule has 0 aliphatic carbocycles. The summed E-state index contributed by atoms with van der Waals surface area (Å²) in [5.41, 5.74) is 0.850. The van der Waals surface area contributed by atoms with E-state index in [-0.39, 0.29) is 0 Å². The molecule has 4 nitrogen and oxygen atoms in total. The summed E-state index contributed by atoms with van der Waals surface area (Å²) in [6.45, 7) is 3.03. The molecule has 2 aromatic rings. The summed E-state index contributed by atoms with van der Waals surface area (Å²) >= 11 is 3.41. The summed E-state index contributed by atoms with van der Waals surface area (Å²) in [5, 5.41) is 4.13. The van der Waals surface area contributed by atoms with Crippen LogP contribution in [0.15, 0.2) is 22.9 Å². The highest BCUT2D eigenvalue weighted by molar-refractivity contribution is 9.10. The van der Waals surface area contributed by atoms with E-state index >= 15 is 0 Å². The molecule has 0 bridgehead atoms. The van der Waals surface area contributed by atoms with Crippen LogP contribution >= 0.6 is 15.9 Å². The molecule has 2 rings (SSSR count). The first-order valence-corrected chi connectivity index (χ1v) is 5.22. The van der Waals surface area contributed by atoms with Crippen LogP contribution in [-0.4, -0.2) is 28.2 Å². The Kier molecular flexibility index (Phi) is 2.41. The summed E-state index contributed by atoms with van der Waals surface area (Å²) in [6.07, 6.45) is 3.66. The molecular weight excluding hydrogens is 244 g/mol. The van der Waals surface area contributed by atoms with Crippen LogP contribution in [0.1, 0.15) is 6.92 Å². The van der Waals surface area contributed by atoms with E-state index in [1.165, 1.54) is 0 Å². The maximum atomic E-state index is 4.49. The lowest BCUT2D eigenvalue weighted by Gasteiger charge is -2.14. The van der Waals surface area contributed by atoms with Gasteiger partial charge in [0.15, 0.2) is 5.65 Å². The van der Waals surface area contributed by atoms with Gasteiger partial charge >= 0.3 is 0 Å². The number of anilines is 1. The number of rotatable bonds is 2. The molecule has 0 spiro atoms. The number of hydrogen-bond acceptors (Lipinski definition) is 3. The Balaban J connectivity index is 2.54. The van der Waals surface area contributed by atoms with Crippen molar-refractivity contribution in [2.75, 3.05) is 18.5 Å². The minimum absolute atomic E-state index is 0.850. The van der Waals surface area contributed by atoms with E-state index in [1.807, 2.05) is 19.3 Å². The van der Waals surface area contributed by atoms with Gasteiger partial charge in [0.25, 0.3) is 0 Å². The molecule has 14 heavy (non-hydrogen) atoms. The quantitative estimate of drug-likeness (QED) is 0.822. The minimum atomic E-state index is 0.850. The Hall–Kier alpha value is -1.10. The van der Waals surface area contributed by atoms with E-state index in [4.69, 9.17) is 0 Å². The molecule has 2 aromatic heterocycles. The molecule has 5 heteroatoms. The fourth-order valence-corrected chi connectivity index (χ4v) is 1.57. The van der Waals surface area contributed by atoms with Gasteiger partial charge in [0, 0.05) is 19.8 Å². The van der Waals surface area contributed by atoms with Gasteiger partial charge < -0.3 is 4.90 Å². The molecular formula is C9H11BrN4. The van der Waals surface area contributed by atoms with E-state index in [0.717, 1.165) is 22.5 Å². The number of fused-ring (bicyclic) bond motifs is 1. The molecule has 0 saturated heterocycles. The van der Waals surface area contributed by atoms with Gasteiger partial charge in [-0.2, -0.15) is 5.10 Å². The summed E-state index contributed by atoms with van der Waals surface area (Å²) in [4.78, 5) is 6.57. The van der Waals surface area contributed by atoms with Crippen molar-refractivity contribution in [2.24, 2.45) is 0 Å². The lowest BCUT2D eigenvalue weighted by atomic mass is 10.5. The van der Waals surface area contributed by atoms with Gasteiger partial charge in [0.05, 0.1) is 10.7 Å². The Bertz CT molecular complexity index is 451. The van der Waals surface area contributed by atoms with E-state index in [0.29, 0.717) is 0 Å². The molecule has 74 valence electrons. The van der Waals surface area contributed by atoms with Gasteiger partial charge in [0.1, 0.15) is 5.82 Å². The van der Waals surface area contributed by atoms with Crippen molar-refractivity contribution in [1.29, 1.82) is 0 Å². The number of hydrogen-bond donors (Lipinski definition) is 0. The predicted molar refractivity (Wildman–Crippen MR) is 59.6 cm³/mol. The van der Waals surface area contributed by atoms with E-state index in [2.05, 4.69) is 37.8 Å². The highest BCUT2D eigenvalue weighted by Crippen LogP contribution is 2.17. The third kappa shape index (κ3) is 1.48. The molecule has 0 fully saturated rings. The van der Waals surface area contributed by atoms with Gasteiger partial charge in [-0.1, -0.05) is 0 Å². The van der Waals surface area contributed by atoms with Crippen molar-refractivity contribution in [3.05, 3.63) is 22.9 Å². The normalized spacial score (nSPS) is 10.8. The fraction of sp³-hybridized carbons (Fsp3) is 0.333. The SMILES string of the molecule is CCN(C)c1ccn2ncc(Br)c2n1. The summed E-state index contributed by atoms with van der Waals surface area (Å²) in [5.74, 6) is 0.959. The van der Waals surface area contributed by atoms with Crippen molar-refractivity contribution in [3.8, 4) is 0 Å². The maximum absolute atomic E-state index is 4.49. The van der Waals surface area contributed by atoms with Crippen LogP contribution in [0.5, 0.6) is 0 Å². The maximum Gasteiger partial charge on any atom is 0.171 e. The third-order valence-electron chi connectivity index (χ3n) is 2.18. The molecule has 0 N–H and O–H groups in total. The van der Waals surface area contributed by atoms with Crippen LogP contribution in [0, 0.1) is 0 Å². The van der Waals surface area contributed by atoms with Gasteiger partial charge in [-0.05, 0) is 28.9 Å². The Morgan fingerprint density at radius 3 is 3.07 bits per heavy atom. The van der Waals surface area contributed by atoms with Gasteiger partial charge in [-0.3, -0.25) is 0 Å². The zero-order valence-electron chi connectivity index (χ0n) is 8.11. The Morgan fingerprint density at radius 2 is 2.36 bits per heavy atom. The fourth-order valence-electron chi connectivity index (χ4n) is 1.21. The first-order valence-electron chi connectivity index (χ1n) is 4.43. The first-order chi connectivity index (χ1) is 6.72. The van der Waals surface area contributed by atoms with Crippen molar-refractivity contribution in [3.63, 3.8) is 0 Å². The number of halogens is 1. The molecule has 0 atom stereocenters. The average Bonchev–Trinajstić information content (AvgIpc) is 2.59. The summed E-state index contributed by atoms with van der Waals surface area (Å²) in [7, 11) is 2.02. The second-order valence-corrected chi connectivity index (χ2v) is 3.91. The predicted octanol–water partition coefficient (Wildman–Crippen LogP) is 1.95. The number of aromatic nitrogens is 3. The monoisotopic (exact) mass is 254 g/mol. The Labute approximate surface area is 90.7 Å². The second kappa shape index (κ2) is 3.57. The van der Waals surface area contributed by atoms with Crippen LogP contribution in [0.25, 0.3) is 5.65 Å². The Morgan fingerprint density at radius 1 is 1.57 bits per heavy atom. The molecule has 0 aliphatic heterocycles. The topological polar surface area (TPSA) is 33.4 Å². The van der Waals surface area contributed by atoms with Crippen LogP contribution in [0.2, 0.25) is 0 Å². The van der Waals surface area contributed by atoms with Crippen molar-refractivity contribution < 1.29 is 0 Å².